The molecule has 0 saturated carbocycles. The molecule has 0 unspecified atom stereocenters. The van der Waals surface area contributed by atoms with Gasteiger partial charge in [-0.2, -0.15) is 0 Å². The first-order valence-electron chi connectivity index (χ1n) is 8.60. The zero-order chi connectivity index (χ0) is 17.6. The number of likely N-dealkylation sites (tertiary alicyclic amines) is 1. The normalized spacial score (nSPS) is 15.9. The van der Waals surface area contributed by atoms with Crippen LogP contribution in [0.2, 0.25) is 0 Å². The highest BCUT2D eigenvalue weighted by molar-refractivity contribution is 5.78. The van der Waals surface area contributed by atoms with Crippen LogP contribution >= 0.6 is 0 Å². The van der Waals surface area contributed by atoms with Gasteiger partial charge >= 0.3 is 0 Å². The van der Waals surface area contributed by atoms with Crippen LogP contribution in [0.25, 0.3) is 0 Å². The van der Waals surface area contributed by atoms with E-state index in [4.69, 9.17) is 0 Å². The molecule has 2 aromatic rings. The van der Waals surface area contributed by atoms with Crippen LogP contribution in [-0.2, 0) is 17.9 Å². The molecule has 0 aromatic heterocycles. The lowest BCUT2D eigenvalue weighted by Crippen LogP contribution is -2.40. The standard InChI is InChI=1S/C20H22F2N2O/c21-18-7-5-15(6-8-18)14-24-11-9-16(10-12-24)20(25)23-13-17-3-1-2-4-19(17)22/h1-8,16H,9-14H2,(H,23,25). The summed E-state index contributed by atoms with van der Waals surface area (Å²) in [7, 11) is 0. The second-order valence-electron chi connectivity index (χ2n) is 6.49. The van der Waals surface area contributed by atoms with E-state index in [-0.39, 0.29) is 30.0 Å². The van der Waals surface area contributed by atoms with Crippen LogP contribution in [0.4, 0.5) is 8.78 Å². The highest BCUT2D eigenvalue weighted by Gasteiger charge is 2.24. The van der Waals surface area contributed by atoms with Gasteiger partial charge in [-0.1, -0.05) is 30.3 Å². The average molecular weight is 344 g/mol. The molecule has 132 valence electrons. The van der Waals surface area contributed by atoms with Crippen molar-refractivity contribution in [2.24, 2.45) is 5.92 Å². The summed E-state index contributed by atoms with van der Waals surface area (Å²) >= 11 is 0. The summed E-state index contributed by atoms with van der Waals surface area (Å²) < 4.78 is 26.5. The van der Waals surface area contributed by atoms with Gasteiger partial charge in [-0.15, -0.1) is 0 Å². The van der Waals surface area contributed by atoms with Crippen LogP contribution in [0.1, 0.15) is 24.0 Å². The van der Waals surface area contributed by atoms with Gasteiger partial charge in [0.25, 0.3) is 0 Å². The number of nitrogens with zero attached hydrogens (tertiary/aromatic N) is 1. The third-order valence-electron chi connectivity index (χ3n) is 4.69. The van der Waals surface area contributed by atoms with Gasteiger partial charge in [0.15, 0.2) is 0 Å². The van der Waals surface area contributed by atoms with Gasteiger partial charge in [0.1, 0.15) is 11.6 Å². The quantitative estimate of drug-likeness (QED) is 0.900. The Bertz CT molecular complexity index is 710. The molecule has 1 aliphatic rings. The second-order valence-corrected chi connectivity index (χ2v) is 6.49. The molecule has 1 amide bonds. The number of carbonyl (C=O) groups is 1. The fraction of sp³-hybridized carbons (Fsp3) is 0.350. The lowest BCUT2D eigenvalue weighted by molar-refractivity contribution is -0.126. The maximum Gasteiger partial charge on any atom is 0.223 e. The zero-order valence-electron chi connectivity index (χ0n) is 14.1. The fourth-order valence-corrected chi connectivity index (χ4v) is 3.17. The molecule has 0 spiro atoms. The van der Waals surface area contributed by atoms with Crippen molar-refractivity contribution in [1.29, 1.82) is 0 Å². The molecule has 25 heavy (non-hydrogen) atoms. The van der Waals surface area contributed by atoms with Crippen molar-refractivity contribution in [2.45, 2.75) is 25.9 Å². The topological polar surface area (TPSA) is 32.3 Å². The Hall–Kier alpha value is -2.27. The van der Waals surface area contributed by atoms with Crippen LogP contribution in [-0.4, -0.2) is 23.9 Å². The molecule has 5 heteroatoms. The minimum atomic E-state index is -0.295. The van der Waals surface area contributed by atoms with E-state index in [9.17, 15) is 13.6 Å². The number of carbonyl (C=O) groups excluding carboxylic acids is 1. The Morgan fingerprint density at radius 2 is 1.72 bits per heavy atom. The van der Waals surface area contributed by atoms with Gasteiger partial charge in [-0.25, -0.2) is 8.78 Å². The van der Waals surface area contributed by atoms with E-state index in [0.29, 0.717) is 5.56 Å². The van der Waals surface area contributed by atoms with Gasteiger partial charge in [0.2, 0.25) is 5.91 Å². The Labute approximate surface area is 146 Å². The van der Waals surface area contributed by atoms with Gasteiger partial charge in [0, 0.05) is 24.6 Å². The molecular weight excluding hydrogens is 322 g/mol. The number of benzene rings is 2. The van der Waals surface area contributed by atoms with E-state index in [1.165, 1.54) is 18.2 Å². The summed E-state index contributed by atoms with van der Waals surface area (Å²) in [6.45, 7) is 2.65. The van der Waals surface area contributed by atoms with Crippen LogP contribution in [0, 0.1) is 17.6 Å². The predicted octanol–water partition coefficient (Wildman–Crippen LogP) is 3.49. The molecule has 3 nitrogen and oxygen atoms in total. The van der Waals surface area contributed by atoms with Crippen LogP contribution in [0.15, 0.2) is 48.5 Å². The summed E-state index contributed by atoms with van der Waals surface area (Å²) in [4.78, 5) is 14.6. The third-order valence-corrected chi connectivity index (χ3v) is 4.69. The molecular formula is C20H22F2N2O. The molecule has 0 bridgehead atoms. The molecule has 1 N–H and O–H groups in total. The zero-order valence-corrected chi connectivity index (χ0v) is 14.1. The Kier molecular flexibility index (Phi) is 5.76. The number of hydrogen-bond acceptors (Lipinski definition) is 2. The van der Waals surface area contributed by atoms with Crippen molar-refractivity contribution in [3.05, 3.63) is 71.3 Å². The van der Waals surface area contributed by atoms with Crippen LogP contribution < -0.4 is 5.32 Å². The molecule has 0 radical (unpaired) electrons. The van der Waals surface area contributed by atoms with E-state index in [2.05, 4.69) is 10.2 Å². The van der Waals surface area contributed by atoms with Crippen molar-refractivity contribution in [3.8, 4) is 0 Å². The van der Waals surface area contributed by atoms with E-state index >= 15 is 0 Å². The van der Waals surface area contributed by atoms with Crippen LogP contribution in [0.3, 0.4) is 0 Å². The van der Waals surface area contributed by atoms with Gasteiger partial charge in [0.05, 0.1) is 0 Å². The molecule has 0 aliphatic carbocycles. The highest BCUT2D eigenvalue weighted by atomic mass is 19.1. The lowest BCUT2D eigenvalue weighted by Gasteiger charge is -2.31. The van der Waals surface area contributed by atoms with Gasteiger partial charge < -0.3 is 5.32 Å². The first kappa shape index (κ1) is 17.5. The smallest absolute Gasteiger partial charge is 0.223 e. The Balaban J connectivity index is 1.44. The molecule has 1 saturated heterocycles. The molecule has 0 atom stereocenters. The number of halogens is 2. The van der Waals surface area contributed by atoms with Crippen molar-refractivity contribution >= 4 is 5.91 Å². The van der Waals surface area contributed by atoms with E-state index < -0.39 is 0 Å². The molecule has 1 fully saturated rings. The fourth-order valence-electron chi connectivity index (χ4n) is 3.17. The summed E-state index contributed by atoms with van der Waals surface area (Å²) in [6, 6.07) is 13.0. The number of nitrogens with one attached hydrogen (secondary N) is 1. The third kappa shape index (κ3) is 4.86. The minimum Gasteiger partial charge on any atom is -0.352 e. The summed E-state index contributed by atoms with van der Waals surface area (Å²) in [5.74, 6) is -0.563. The van der Waals surface area contributed by atoms with Crippen LogP contribution in [0.5, 0.6) is 0 Å². The molecule has 2 aromatic carbocycles. The van der Waals surface area contributed by atoms with Gasteiger partial charge in [-0.05, 0) is 49.7 Å². The SMILES string of the molecule is O=C(NCc1ccccc1F)C1CCN(Cc2ccc(F)cc2)CC1. The summed E-state index contributed by atoms with van der Waals surface area (Å²) in [5, 5.41) is 2.84. The molecule has 1 aliphatic heterocycles. The van der Waals surface area contributed by atoms with E-state index in [1.807, 2.05) is 0 Å². The average Bonchev–Trinajstić information content (AvgIpc) is 2.63. The first-order chi connectivity index (χ1) is 12.1. The summed E-state index contributed by atoms with van der Waals surface area (Å²) in [6.07, 6.45) is 1.56. The van der Waals surface area contributed by atoms with Crippen molar-refractivity contribution in [2.75, 3.05) is 13.1 Å². The number of rotatable bonds is 5. The van der Waals surface area contributed by atoms with Crippen molar-refractivity contribution < 1.29 is 13.6 Å². The largest absolute Gasteiger partial charge is 0.352 e. The van der Waals surface area contributed by atoms with Crippen molar-refractivity contribution in [3.63, 3.8) is 0 Å². The predicted molar refractivity (Wildman–Crippen MR) is 92.6 cm³/mol. The molecule has 3 rings (SSSR count). The number of hydrogen-bond donors (Lipinski definition) is 1. The molecule has 1 heterocycles. The Morgan fingerprint density at radius 3 is 2.40 bits per heavy atom. The second kappa shape index (κ2) is 8.21. The number of amides is 1. The Morgan fingerprint density at radius 1 is 1.04 bits per heavy atom. The van der Waals surface area contributed by atoms with Gasteiger partial charge in [-0.3, -0.25) is 9.69 Å². The lowest BCUT2D eigenvalue weighted by atomic mass is 9.95. The van der Waals surface area contributed by atoms with Crippen molar-refractivity contribution in [1.82, 2.24) is 10.2 Å². The first-order valence-corrected chi connectivity index (χ1v) is 8.60. The van der Waals surface area contributed by atoms with E-state index in [1.54, 1.807) is 30.3 Å². The minimum absolute atomic E-state index is 0.00955. The monoisotopic (exact) mass is 344 g/mol. The van der Waals surface area contributed by atoms with E-state index in [0.717, 1.165) is 38.0 Å². The maximum atomic E-state index is 13.6. The highest BCUT2D eigenvalue weighted by Crippen LogP contribution is 2.19. The summed E-state index contributed by atoms with van der Waals surface area (Å²) in [5.41, 5.74) is 1.58. The maximum absolute atomic E-state index is 13.6. The number of piperidine rings is 1.